The van der Waals surface area contributed by atoms with E-state index in [0.717, 1.165) is 45.1 Å². The minimum atomic E-state index is -0.718. The fraction of sp³-hybridized carbons (Fsp3) is 0.857. The molecule has 2 fully saturated rings. The van der Waals surface area contributed by atoms with Gasteiger partial charge >= 0.3 is 12.0 Å². The lowest BCUT2D eigenvalue weighted by molar-refractivity contribution is -0.142. The highest BCUT2D eigenvalue weighted by molar-refractivity contribution is 5.75. The molecule has 0 radical (unpaired) electrons. The van der Waals surface area contributed by atoms with Crippen LogP contribution in [0.4, 0.5) is 4.79 Å². The van der Waals surface area contributed by atoms with Crippen LogP contribution in [0.3, 0.4) is 0 Å². The SMILES string of the molecule is CCCN(C(=O)NCC1CCCC1C(=O)O)C1CC1. The summed E-state index contributed by atoms with van der Waals surface area (Å²) in [6.45, 7) is 3.37. The third kappa shape index (κ3) is 3.61. The van der Waals surface area contributed by atoms with Crippen LogP contribution < -0.4 is 5.32 Å². The number of carboxylic acids is 1. The predicted molar refractivity (Wildman–Crippen MR) is 71.9 cm³/mol. The maximum atomic E-state index is 12.1. The topological polar surface area (TPSA) is 69.6 Å². The van der Waals surface area contributed by atoms with Gasteiger partial charge in [-0.05, 0) is 38.0 Å². The van der Waals surface area contributed by atoms with Crippen LogP contribution in [0, 0.1) is 11.8 Å². The van der Waals surface area contributed by atoms with Crippen molar-refractivity contribution in [3.8, 4) is 0 Å². The highest BCUT2D eigenvalue weighted by atomic mass is 16.4. The van der Waals surface area contributed by atoms with E-state index >= 15 is 0 Å². The fourth-order valence-corrected chi connectivity index (χ4v) is 3.00. The van der Waals surface area contributed by atoms with Crippen molar-refractivity contribution in [2.75, 3.05) is 13.1 Å². The zero-order valence-corrected chi connectivity index (χ0v) is 11.6. The standard InChI is InChI=1S/C14H24N2O3/c1-2-8-16(11-6-7-11)14(19)15-9-10-4-3-5-12(10)13(17)18/h10-12H,2-9H2,1H3,(H,15,19)(H,17,18). The molecule has 2 aliphatic rings. The first-order valence-corrected chi connectivity index (χ1v) is 7.40. The molecule has 19 heavy (non-hydrogen) atoms. The number of amides is 2. The van der Waals surface area contributed by atoms with Crippen molar-refractivity contribution in [1.29, 1.82) is 0 Å². The molecule has 0 aromatic rings. The van der Waals surface area contributed by atoms with E-state index in [-0.39, 0.29) is 17.9 Å². The van der Waals surface area contributed by atoms with Gasteiger partial charge in [0.1, 0.15) is 0 Å². The molecule has 0 aliphatic heterocycles. The number of aliphatic carboxylic acids is 1. The third-order valence-electron chi connectivity index (χ3n) is 4.20. The second-order valence-electron chi connectivity index (χ2n) is 5.75. The van der Waals surface area contributed by atoms with E-state index in [2.05, 4.69) is 12.2 Å². The first-order chi connectivity index (χ1) is 9.13. The maximum Gasteiger partial charge on any atom is 0.317 e. The van der Waals surface area contributed by atoms with Crippen LogP contribution in [-0.2, 0) is 4.79 Å². The quantitative estimate of drug-likeness (QED) is 0.774. The molecule has 108 valence electrons. The number of carbonyl (C=O) groups is 2. The van der Waals surface area contributed by atoms with Gasteiger partial charge in [-0.1, -0.05) is 13.3 Å². The van der Waals surface area contributed by atoms with E-state index in [1.54, 1.807) is 0 Å². The first-order valence-electron chi connectivity index (χ1n) is 7.40. The maximum absolute atomic E-state index is 12.1. The molecule has 0 bridgehead atoms. The van der Waals surface area contributed by atoms with E-state index in [0.29, 0.717) is 12.6 Å². The summed E-state index contributed by atoms with van der Waals surface area (Å²) in [6.07, 6.45) is 5.79. The Morgan fingerprint density at radius 2 is 2.00 bits per heavy atom. The molecular formula is C14H24N2O3. The van der Waals surface area contributed by atoms with Crippen LogP contribution in [0.1, 0.15) is 45.4 Å². The molecular weight excluding hydrogens is 244 g/mol. The molecule has 0 aromatic heterocycles. The second-order valence-corrected chi connectivity index (χ2v) is 5.75. The van der Waals surface area contributed by atoms with Gasteiger partial charge in [0.2, 0.25) is 0 Å². The van der Waals surface area contributed by atoms with Crippen LogP contribution in [0.15, 0.2) is 0 Å². The van der Waals surface area contributed by atoms with E-state index in [9.17, 15) is 9.59 Å². The number of rotatable bonds is 6. The summed E-state index contributed by atoms with van der Waals surface area (Å²) in [7, 11) is 0. The molecule has 0 spiro atoms. The summed E-state index contributed by atoms with van der Waals surface area (Å²) in [5, 5.41) is 12.1. The van der Waals surface area contributed by atoms with Crippen molar-refractivity contribution in [3.63, 3.8) is 0 Å². The van der Waals surface area contributed by atoms with Crippen molar-refractivity contribution in [3.05, 3.63) is 0 Å². The second kappa shape index (κ2) is 6.26. The largest absolute Gasteiger partial charge is 0.481 e. The van der Waals surface area contributed by atoms with Gasteiger partial charge in [-0.2, -0.15) is 0 Å². The van der Waals surface area contributed by atoms with E-state index in [1.807, 2.05) is 4.90 Å². The lowest BCUT2D eigenvalue weighted by Crippen LogP contribution is -2.44. The number of carbonyl (C=O) groups excluding carboxylic acids is 1. The van der Waals surface area contributed by atoms with Crippen LogP contribution >= 0.6 is 0 Å². The van der Waals surface area contributed by atoms with Gasteiger partial charge in [0.15, 0.2) is 0 Å². The van der Waals surface area contributed by atoms with Gasteiger partial charge in [0, 0.05) is 19.1 Å². The van der Waals surface area contributed by atoms with E-state index in [1.165, 1.54) is 0 Å². The molecule has 2 saturated carbocycles. The van der Waals surface area contributed by atoms with Crippen molar-refractivity contribution in [1.82, 2.24) is 10.2 Å². The molecule has 0 heterocycles. The van der Waals surface area contributed by atoms with E-state index < -0.39 is 5.97 Å². The van der Waals surface area contributed by atoms with Crippen LogP contribution in [0.2, 0.25) is 0 Å². The molecule has 5 nitrogen and oxygen atoms in total. The Morgan fingerprint density at radius 3 is 2.58 bits per heavy atom. The average molecular weight is 268 g/mol. The summed E-state index contributed by atoms with van der Waals surface area (Å²) in [5.74, 6) is -0.894. The summed E-state index contributed by atoms with van der Waals surface area (Å²) < 4.78 is 0. The zero-order chi connectivity index (χ0) is 13.8. The van der Waals surface area contributed by atoms with Crippen LogP contribution in [-0.4, -0.2) is 41.1 Å². The summed E-state index contributed by atoms with van der Waals surface area (Å²) in [4.78, 5) is 25.1. The minimum absolute atomic E-state index is 0.0135. The normalized spacial score (nSPS) is 26.2. The Hall–Kier alpha value is -1.26. The number of hydrogen-bond donors (Lipinski definition) is 2. The monoisotopic (exact) mass is 268 g/mol. The highest BCUT2D eigenvalue weighted by Gasteiger charge is 2.35. The molecule has 0 saturated heterocycles. The molecule has 2 atom stereocenters. The van der Waals surface area contributed by atoms with Gasteiger partial charge in [0.25, 0.3) is 0 Å². The summed E-state index contributed by atoms with van der Waals surface area (Å²) >= 11 is 0. The number of nitrogens with one attached hydrogen (secondary N) is 1. The molecule has 2 N–H and O–H groups in total. The molecule has 0 aromatic carbocycles. The zero-order valence-electron chi connectivity index (χ0n) is 11.6. The van der Waals surface area contributed by atoms with Gasteiger partial charge in [-0.3, -0.25) is 4.79 Å². The van der Waals surface area contributed by atoms with Gasteiger partial charge < -0.3 is 15.3 Å². The van der Waals surface area contributed by atoms with Crippen molar-refractivity contribution in [2.24, 2.45) is 11.8 Å². The third-order valence-corrected chi connectivity index (χ3v) is 4.20. The Balaban J connectivity index is 1.80. The van der Waals surface area contributed by atoms with Crippen molar-refractivity contribution < 1.29 is 14.7 Å². The Labute approximate surface area is 114 Å². The Morgan fingerprint density at radius 1 is 1.26 bits per heavy atom. The Bertz CT molecular complexity index is 342. The molecule has 2 unspecified atom stereocenters. The summed E-state index contributed by atoms with van der Waals surface area (Å²) in [5.41, 5.74) is 0. The number of urea groups is 1. The van der Waals surface area contributed by atoms with Crippen molar-refractivity contribution in [2.45, 2.75) is 51.5 Å². The smallest absolute Gasteiger partial charge is 0.317 e. The first kappa shape index (κ1) is 14.2. The van der Waals surface area contributed by atoms with Gasteiger partial charge in [0.05, 0.1) is 5.92 Å². The predicted octanol–water partition coefficient (Wildman–Crippen LogP) is 2.07. The molecule has 2 rings (SSSR count). The molecule has 2 amide bonds. The molecule has 2 aliphatic carbocycles. The average Bonchev–Trinajstić information content (AvgIpc) is 3.10. The number of carboxylic acid groups (broad SMARTS) is 1. The van der Waals surface area contributed by atoms with Gasteiger partial charge in [-0.15, -0.1) is 0 Å². The minimum Gasteiger partial charge on any atom is -0.481 e. The van der Waals surface area contributed by atoms with E-state index in [4.69, 9.17) is 5.11 Å². The number of nitrogens with zero attached hydrogens (tertiary/aromatic N) is 1. The lowest BCUT2D eigenvalue weighted by Gasteiger charge is -2.24. The Kier molecular flexibility index (Phi) is 4.66. The van der Waals surface area contributed by atoms with Gasteiger partial charge in [-0.25, -0.2) is 4.79 Å². The highest BCUT2D eigenvalue weighted by Crippen LogP contribution is 2.31. The van der Waals surface area contributed by atoms with Crippen molar-refractivity contribution >= 4 is 12.0 Å². The lowest BCUT2D eigenvalue weighted by atomic mass is 9.96. The fourth-order valence-electron chi connectivity index (χ4n) is 3.00. The number of hydrogen-bond acceptors (Lipinski definition) is 2. The van der Waals surface area contributed by atoms with Crippen LogP contribution in [0.5, 0.6) is 0 Å². The molecule has 5 heteroatoms. The summed E-state index contributed by atoms with van der Waals surface area (Å²) in [6, 6.07) is 0.402. The van der Waals surface area contributed by atoms with Crippen LogP contribution in [0.25, 0.3) is 0 Å².